The van der Waals surface area contributed by atoms with Crippen molar-refractivity contribution in [3.05, 3.63) is 40.4 Å². The number of benzene rings is 1. The lowest BCUT2D eigenvalue weighted by Crippen LogP contribution is -2.52. The third-order valence-electron chi connectivity index (χ3n) is 4.73. The molecule has 2 aromatic rings. The number of amides is 2. The summed E-state index contributed by atoms with van der Waals surface area (Å²) in [6, 6.07) is 4.95. The molecule has 2 amide bonds. The minimum absolute atomic E-state index is 0.108. The van der Waals surface area contributed by atoms with Crippen molar-refractivity contribution >= 4 is 22.7 Å². The number of likely N-dealkylation sites (N-methyl/N-ethyl adjacent to an activating group) is 1. The van der Waals surface area contributed by atoms with Gasteiger partial charge in [0, 0.05) is 13.6 Å². The van der Waals surface area contributed by atoms with Crippen LogP contribution in [0.2, 0.25) is 0 Å². The third-order valence-corrected chi connectivity index (χ3v) is 4.73. The zero-order valence-corrected chi connectivity index (χ0v) is 14.5. The highest BCUT2D eigenvalue weighted by Crippen LogP contribution is 2.18. The summed E-state index contributed by atoms with van der Waals surface area (Å²) in [5.41, 5.74) is 1.33. The highest BCUT2D eigenvalue weighted by molar-refractivity contribution is 5.88. The van der Waals surface area contributed by atoms with Crippen LogP contribution in [0.3, 0.4) is 0 Å². The Kier molecular flexibility index (Phi) is 4.83. The molecule has 0 saturated carbocycles. The maximum Gasteiger partial charge on any atom is 0.261 e. The predicted molar refractivity (Wildman–Crippen MR) is 94.2 cm³/mol. The van der Waals surface area contributed by atoms with Crippen molar-refractivity contribution in [3.63, 3.8) is 0 Å². The summed E-state index contributed by atoms with van der Waals surface area (Å²) in [6.45, 7) is 2.32. The van der Waals surface area contributed by atoms with Gasteiger partial charge in [-0.25, -0.2) is 4.98 Å². The molecule has 1 saturated heterocycles. The second-order valence-corrected chi connectivity index (χ2v) is 6.36. The van der Waals surface area contributed by atoms with Crippen LogP contribution in [0, 0.1) is 6.92 Å². The van der Waals surface area contributed by atoms with Crippen molar-refractivity contribution in [2.75, 3.05) is 13.6 Å². The summed E-state index contributed by atoms with van der Waals surface area (Å²) in [5.74, 6) is -0.392. The van der Waals surface area contributed by atoms with E-state index in [1.807, 2.05) is 13.0 Å². The van der Waals surface area contributed by atoms with Gasteiger partial charge in [0.2, 0.25) is 11.8 Å². The van der Waals surface area contributed by atoms with E-state index in [-0.39, 0.29) is 23.9 Å². The number of nitrogens with zero attached hydrogens (tertiary/aromatic N) is 3. The largest absolute Gasteiger partial charge is 0.357 e. The Balaban J connectivity index is 1.87. The zero-order valence-electron chi connectivity index (χ0n) is 14.5. The Morgan fingerprint density at radius 3 is 2.88 bits per heavy atom. The minimum Gasteiger partial charge on any atom is -0.357 e. The van der Waals surface area contributed by atoms with Crippen LogP contribution in [0.4, 0.5) is 0 Å². The molecule has 1 aliphatic rings. The van der Waals surface area contributed by atoms with Gasteiger partial charge in [-0.05, 0) is 37.8 Å². The Hall–Kier alpha value is -2.70. The van der Waals surface area contributed by atoms with Crippen LogP contribution < -0.4 is 10.9 Å². The maximum absolute atomic E-state index is 12.7. The second-order valence-electron chi connectivity index (χ2n) is 6.36. The van der Waals surface area contributed by atoms with Gasteiger partial charge < -0.3 is 10.2 Å². The monoisotopic (exact) mass is 342 g/mol. The van der Waals surface area contributed by atoms with Crippen molar-refractivity contribution in [1.82, 2.24) is 19.8 Å². The summed E-state index contributed by atoms with van der Waals surface area (Å²) in [6.07, 6.45) is 3.84. The highest BCUT2D eigenvalue weighted by atomic mass is 16.2. The van der Waals surface area contributed by atoms with E-state index in [0.29, 0.717) is 23.9 Å². The number of fused-ring (bicyclic) bond motifs is 1. The molecular formula is C18H22N4O3. The molecule has 1 N–H and O–H groups in total. The number of likely N-dealkylation sites (tertiary alicyclic amines) is 1. The van der Waals surface area contributed by atoms with E-state index in [2.05, 4.69) is 10.3 Å². The van der Waals surface area contributed by atoms with Crippen LogP contribution in [-0.2, 0) is 16.1 Å². The van der Waals surface area contributed by atoms with Gasteiger partial charge in [-0.15, -0.1) is 0 Å². The number of para-hydroxylation sites is 1. The molecule has 0 radical (unpaired) electrons. The molecule has 0 aliphatic carbocycles. The van der Waals surface area contributed by atoms with Gasteiger partial charge in [-0.1, -0.05) is 12.1 Å². The van der Waals surface area contributed by atoms with Crippen molar-refractivity contribution in [2.24, 2.45) is 0 Å². The number of piperidine rings is 1. The Morgan fingerprint density at radius 1 is 1.32 bits per heavy atom. The van der Waals surface area contributed by atoms with E-state index in [1.165, 1.54) is 10.9 Å². The normalized spacial score (nSPS) is 17.5. The van der Waals surface area contributed by atoms with Crippen molar-refractivity contribution in [3.8, 4) is 0 Å². The van der Waals surface area contributed by atoms with Gasteiger partial charge in [0.15, 0.2) is 0 Å². The lowest BCUT2D eigenvalue weighted by molar-refractivity contribution is -0.142. The van der Waals surface area contributed by atoms with Gasteiger partial charge in [-0.3, -0.25) is 19.0 Å². The molecule has 1 fully saturated rings. The first-order chi connectivity index (χ1) is 12.0. The number of aromatic nitrogens is 2. The first kappa shape index (κ1) is 17.1. The fourth-order valence-corrected chi connectivity index (χ4v) is 3.36. The van der Waals surface area contributed by atoms with Gasteiger partial charge in [-0.2, -0.15) is 0 Å². The lowest BCUT2D eigenvalue weighted by Gasteiger charge is -2.34. The van der Waals surface area contributed by atoms with Crippen molar-refractivity contribution < 1.29 is 9.59 Å². The topological polar surface area (TPSA) is 84.3 Å². The van der Waals surface area contributed by atoms with E-state index < -0.39 is 6.04 Å². The summed E-state index contributed by atoms with van der Waals surface area (Å²) in [7, 11) is 1.57. The first-order valence-corrected chi connectivity index (χ1v) is 8.48. The highest BCUT2D eigenvalue weighted by Gasteiger charge is 2.31. The van der Waals surface area contributed by atoms with Gasteiger partial charge in [0.05, 0.1) is 17.2 Å². The van der Waals surface area contributed by atoms with Crippen LogP contribution in [0.15, 0.2) is 29.3 Å². The molecule has 0 spiro atoms. The number of nitrogens with one attached hydrogen (secondary N) is 1. The Morgan fingerprint density at radius 2 is 2.12 bits per heavy atom. The minimum atomic E-state index is -0.461. The second kappa shape index (κ2) is 7.04. The van der Waals surface area contributed by atoms with Crippen LogP contribution in [-0.4, -0.2) is 45.9 Å². The van der Waals surface area contributed by atoms with Crippen LogP contribution in [0.25, 0.3) is 10.9 Å². The summed E-state index contributed by atoms with van der Waals surface area (Å²) in [5, 5.41) is 3.11. The smallest absolute Gasteiger partial charge is 0.261 e. The average molecular weight is 342 g/mol. The molecule has 1 aliphatic heterocycles. The van der Waals surface area contributed by atoms with Crippen LogP contribution in [0.5, 0.6) is 0 Å². The lowest BCUT2D eigenvalue weighted by atomic mass is 10.0. The quantitative estimate of drug-likeness (QED) is 0.895. The first-order valence-electron chi connectivity index (χ1n) is 8.48. The molecule has 132 valence electrons. The molecule has 25 heavy (non-hydrogen) atoms. The number of hydrogen-bond donors (Lipinski definition) is 1. The average Bonchev–Trinajstić information content (AvgIpc) is 2.64. The van der Waals surface area contributed by atoms with Crippen LogP contribution >= 0.6 is 0 Å². The van der Waals surface area contributed by atoms with Crippen molar-refractivity contribution in [1.29, 1.82) is 0 Å². The van der Waals surface area contributed by atoms with E-state index in [9.17, 15) is 14.4 Å². The molecule has 7 nitrogen and oxygen atoms in total. The van der Waals surface area contributed by atoms with E-state index >= 15 is 0 Å². The number of carbonyl (C=O) groups excluding carboxylic acids is 2. The van der Waals surface area contributed by atoms with Gasteiger partial charge in [0.1, 0.15) is 12.6 Å². The molecule has 3 rings (SSSR count). The van der Waals surface area contributed by atoms with E-state index in [1.54, 1.807) is 24.1 Å². The molecule has 1 atom stereocenters. The van der Waals surface area contributed by atoms with Gasteiger partial charge >= 0.3 is 0 Å². The number of hydrogen-bond acceptors (Lipinski definition) is 4. The van der Waals surface area contributed by atoms with E-state index in [0.717, 1.165) is 18.4 Å². The molecule has 1 aromatic carbocycles. The molecule has 1 unspecified atom stereocenters. The number of rotatable bonds is 3. The van der Waals surface area contributed by atoms with E-state index in [4.69, 9.17) is 0 Å². The fourth-order valence-electron chi connectivity index (χ4n) is 3.36. The SMILES string of the molecule is CNC(=O)C1CCCCN1C(=O)Cn1cnc2c(C)cccc2c1=O. The summed E-state index contributed by atoms with van der Waals surface area (Å²) in [4.78, 5) is 43.3. The number of aryl methyl sites for hydroxylation is 1. The molecule has 2 heterocycles. The predicted octanol–water partition coefficient (Wildman–Crippen LogP) is 0.832. The van der Waals surface area contributed by atoms with Gasteiger partial charge in [0.25, 0.3) is 5.56 Å². The number of carbonyl (C=O) groups is 2. The third kappa shape index (κ3) is 3.26. The molecule has 7 heteroatoms. The standard InChI is InChI=1S/C18H22N4O3/c1-12-6-5-7-13-16(12)20-11-21(18(13)25)10-15(23)22-9-4-3-8-14(22)17(24)19-2/h5-7,11,14H,3-4,8-10H2,1-2H3,(H,19,24). The Bertz CT molecular complexity index is 874. The van der Waals surface area contributed by atoms with Crippen LogP contribution in [0.1, 0.15) is 24.8 Å². The fraction of sp³-hybridized carbons (Fsp3) is 0.444. The maximum atomic E-state index is 12.7. The molecule has 1 aromatic heterocycles. The molecule has 0 bridgehead atoms. The molecular weight excluding hydrogens is 320 g/mol. The summed E-state index contributed by atoms with van der Waals surface area (Å²) >= 11 is 0. The Labute approximate surface area is 145 Å². The van der Waals surface area contributed by atoms with Crippen molar-refractivity contribution in [2.45, 2.75) is 38.8 Å². The zero-order chi connectivity index (χ0) is 18.0. The summed E-state index contributed by atoms with van der Waals surface area (Å²) < 4.78 is 1.32.